The smallest absolute Gasteiger partial charge is 0.232 e. The van der Waals surface area contributed by atoms with Crippen LogP contribution in [0.25, 0.3) is 21.1 Å². The van der Waals surface area contributed by atoms with Gasteiger partial charge in [-0.25, -0.2) is 9.37 Å². The van der Waals surface area contributed by atoms with Crippen LogP contribution in [0.3, 0.4) is 0 Å². The molecular formula is C22H23FN4OS2. The van der Waals surface area contributed by atoms with Crippen LogP contribution in [0.4, 0.5) is 4.39 Å². The molecule has 5 nitrogen and oxygen atoms in total. The fourth-order valence-corrected chi connectivity index (χ4v) is 5.17. The largest absolute Gasteiger partial charge is 0.342 e. The first-order chi connectivity index (χ1) is 14.6. The number of carbonyl (C=O) groups excluding carboxylic acids is 1. The zero-order valence-electron chi connectivity index (χ0n) is 16.8. The maximum Gasteiger partial charge on any atom is 0.232 e. The molecule has 1 aromatic carbocycles. The quantitative estimate of drug-likeness (QED) is 0.508. The molecule has 0 N–H and O–H groups in total. The van der Waals surface area contributed by atoms with Gasteiger partial charge in [0.25, 0.3) is 0 Å². The van der Waals surface area contributed by atoms with Crippen molar-refractivity contribution in [3.8, 4) is 21.1 Å². The van der Waals surface area contributed by atoms with Crippen LogP contribution in [-0.4, -0.2) is 44.8 Å². The van der Waals surface area contributed by atoms with E-state index >= 15 is 0 Å². The van der Waals surface area contributed by atoms with E-state index in [-0.39, 0.29) is 11.7 Å². The number of rotatable bonds is 5. The number of aromatic nitrogens is 3. The molecule has 156 valence electrons. The van der Waals surface area contributed by atoms with Crippen LogP contribution in [0.15, 0.2) is 41.4 Å². The Kier molecular flexibility index (Phi) is 6.74. The van der Waals surface area contributed by atoms with Crippen molar-refractivity contribution in [2.24, 2.45) is 0 Å². The first-order valence-electron chi connectivity index (χ1n) is 10.1. The number of thiazole rings is 1. The molecule has 0 aliphatic carbocycles. The molecule has 0 spiro atoms. The van der Waals surface area contributed by atoms with Gasteiger partial charge in [0, 0.05) is 18.7 Å². The topological polar surface area (TPSA) is 59.0 Å². The summed E-state index contributed by atoms with van der Waals surface area (Å²) < 4.78 is 13.2. The second-order valence-corrected chi connectivity index (χ2v) is 9.28. The molecular weight excluding hydrogens is 419 g/mol. The normalized spacial score (nSPS) is 14.5. The zero-order valence-corrected chi connectivity index (χ0v) is 18.4. The fraction of sp³-hybridized carbons (Fsp3) is 0.364. The summed E-state index contributed by atoms with van der Waals surface area (Å²) in [4.78, 5) is 20.0. The summed E-state index contributed by atoms with van der Waals surface area (Å²) in [5.74, 6) is 0.304. The third kappa shape index (κ3) is 5.05. The fourth-order valence-electron chi connectivity index (χ4n) is 3.42. The van der Waals surface area contributed by atoms with Crippen LogP contribution in [-0.2, 0) is 4.79 Å². The highest BCUT2D eigenvalue weighted by Gasteiger charge is 2.17. The second kappa shape index (κ2) is 9.66. The van der Waals surface area contributed by atoms with E-state index < -0.39 is 0 Å². The highest BCUT2D eigenvalue weighted by molar-refractivity contribution is 7.99. The first kappa shape index (κ1) is 20.9. The minimum Gasteiger partial charge on any atom is -0.342 e. The van der Waals surface area contributed by atoms with Crippen molar-refractivity contribution >= 4 is 29.0 Å². The molecule has 8 heteroatoms. The molecule has 0 saturated carbocycles. The molecule has 1 amide bonds. The van der Waals surface area contributed by atoms with Crippen molar-refractivity contribution in [1.29, 1.82) is 0 Å². The number of carbonyl (C=O) groups is 1. The van der Waals surface area contributed by atoms with E-state index in [1.54, 1.807) is 12.1 Å². The summed E-state index contributed by atoms with van der Waals surface area (Å²) in [6, 6.07) is 10.1. The second-order valence-electron chi connectivity index (χ2n) is 7.28. The maximum absolute atomic E-state index is 13.2. The Bertz CT molecular complexity index is 997. The standard InChI is InChI=1S/C22H23FN4OS2/c1-15-21(30-22(24-15)16-6-8-17(23)9-7-16)18-10-11-19(26-25-18)29-14-20(28)27-12-4-2-3-5-13-27/h6-11H,2-5,12-14H2,1H3. The van der Waals surface area contributed by atoms with Crippen LogP contribution in [0.1, 0.15) is 31.4 Å². The Morgan fingerprint density at radius 2 is 1.80 bits per heavy atom. The van der Waals surface area contributed by atoms with Crippen LogP contribution >= 0.6 is 23.1 Å². The van der Waals surface area contributed by atoms with Gasteiger partial charge in [-0.3, -0.25) is 4.79 Å². The Morgan fingerprint density at radius 3 is 2.47 bits per heavy atom. The summed E-state index contributed by atoms with van der Waals surface area (Å²) in [6.45, 7) is 3.67. The lowest BCUT2D eigenvalue weighted by Gasteiger charge is -2.19. The van der Waals surface area contributed by atoms with Crippen LogP contribution < -0.4 is 0 Å². The summed E-state index contributed by atoms with van der Waals surface area (Å²) in [5.41, 5.74) is 2.50. The molecule has 3 aromatic rings. The number of hydrogen-bond donors (Lipinski definition) is 0. The number of nitrogens with zero attached hydrogens (tertiary/aromatic N) is 4. The lowest BCUT2D eigenvalue weighted by molar-refractivity contribution is -0.128. The Balaban J connectivity index is 1.41. The van der Waals surface area contributed by atoms with Crippen molar-refractivity contribution in [3.63, 3.8) is 0 Å². The summed E-state index contributed by atoms with van der Waals surface area (Å²) in [6.07, 6.45) is 4.62. The predicted molar refractivity (Wildman–Crippen MR) is 119 cm³/mol. The Hall–Kier alpha value is -2.32. The molecule has 1 aliphatic heterocycles. The molecule has 1 saturated heterocycles. The van der Waals surface area contributed by atoms with Crippen molar-refractivity contribution in [3.05, 3.63) is 47.9 Å². The first-order valence-corrected chi connectivity index (χ1v) is 11.9. The van der Waals surface area contributed by atoms with E-state index in [1.807, 2.05) is 24.0 Å². The minimum absolute atomic E-state index is 0.176. The van der Waals surface area contributed by atoms with Gasteiger partial charge in [-0.05, 0) is 56.2 Å². The van der Waals surface area contributed by atoms with Crippen molar-refractivity contribution in [1.82, 2.24) is 20.1 Å². The Labute approximate surface area is 183 Å². The van der Waals surface area contributed by atoms with Crippen molar-refractivity contribution < 1.29 is 9.18 Å². The number of hydrogen-bond acceptors (Lipinski definition) is 6. The molecule has 0 radical (unpaired) electrons. The van der Waals surface area contributed by atoms with Gasteiger partial charge in [0.05, 0.1) is 16.3 Å². The van der Waals surface area contributed by atoms with Gasteiger partial charge in [0.2, 0.25) is 5.91 Å². The molecule has 0 bridgehead atoms. The monoisotopic (exact) mass is 442 g/mol. The number of likely N-dealkylation sites (tertiary alicyclic amines) is 1. The lowest BCUT2D eigenvalue weighted by atomic mass is 10.2. The zero-order chi connectivity index (χ0) is 20.9. The van der Waals surface area contributed by atoms with Gasteiger partial charge in [-0.15, -0.1) is 21.5 Å². The minimum atomic E-state index is -0.263. The average Bonchev–Trinajstić information content (AvgIpc) is 2.97. The lowest BCUT2D eigenvalue weighted by Crippen LogP contribution is -2.33. The van der Waals surface area contributed by atoms with Gasteiger partial charge in [-0.1, -0.05) is 24.6 Å². The number of aryl methyl sites for hydroxylation is 1. The third-order valence-corrected chi connectivity index (χ3v) is 7.20. The predicted octanol–water partition coefficient (Wildman–Crippen LogP) is 5.21. The van der Waals surface area contributed by atoms with Gasteiger partial charge < -0.3 is 4.90 Å². The van der Waals surface area contributed by atoms with Gasteiger partial charge in [0.1, 0.15) is 21.5 Å². The molecule has 0 unspecified atom stereocenters. The van der Waals surface area contributed by atoms with Crippen LogP contribution in [0, 0.1) is 12.7 Å². The van der Waals surface area contributed by atoms with Gasteiger partial charge in [0.15, 0.2) is 0 Å². The number of thioether (sulfide) groups is 1. The van der Waals surface area contributed by atoms with Gasteiger partial charge >= 0.3 is 0 Å². The molecule has 3 heterocycles. The molecule has 1 fully saturated rings. The molecule has 4 rings (SSSR count). The average molecular weight is 443 g/mol. The number of amides is 1. The molecule has 1 aliphatic rings. The van der Waals surface area contributed by atoms with Crippen molar-refractivity contribution in [2.75, 3.05) is 18.8 Å². The van der Waals surface area contributed by atoms with Crippen molar-refractivity contribution in [2.45, 2.75) is 37.6 Å². The number of halogens is 1. The Morgan fingerprint density at radius 1 is 1.07 bits per heavy atom. The van der Waals surface area contributed by atoms with Crippen LogP contribution in [0.2, 0.25) is 0 Å². The summed E-state index contributed by atoms with van der Waals surface area (Å²) in [7, 11) is 0. The summed E-state index contributed by atoms with van der Waals surface area (Å²) >= 11 is 2.94. The van der Waals surface area contributed by atoms with Gasteiger partial charge in [-0.2, -0.15) is 0 Å². The molecule has 2 aromatic heterocycles. The van der Waals surface area contributed by atoms with E-state index in [0.29, 0.717) is 5.75 Å². The highest BCUT2D eigenvalue weighted by Crippen LogP contribution is 2.34. The molecule has 0 atom stereocenters. The molecule has 30 heavy (non-hydrogen) atoms. The SMILES string of the molecule is Cc1nc(-c2ccc(F)cc2)sc1-c1ccc(SCC(=O)N2CCCCCC2)nn1. The highest BCUT2D eigenvalue weighted by atomic mass is 32.2. The van der Waals surface area contributed by atoms with E-state index in [9.17, 15) is 9.18 Å². The van der Waals surface area contributed by atoms with E-state index in [0.717, 1.165) is 57.8 Å². The number of benzene rings is 1. The van der Waals surface area contributed by atoms with E-state index in [4.69, 9.17) is 0 Å². The summed E-state index contributed by atoms with van der Waals surface area (Å²) in [5, 5.41) is 10.2. The van der Waals surface area contributed by atoms with E-state index in [1.165, 1.54) is 48.1 Å². The maximum atomic E-state index is 13.2. The van der Waals surface area contributed by atoms with Crippen LogP contribution in [0.5, 0.6) is 0 Å². The van der Waals surface area contributed by atoms with E-state index in [2.05, 4.69) is 15.2 Å². The third-order valence-electron chi connectivity index (χ3n) is 5.06.